The van der Waals surface area contributed by atoms with E-state index in [0.717, 1.165) is 35.7 Å². The summed E-state index contributed by atoms with van der Waals surface area (Å²) < 4.78 is 0. The Morgan fingerprint density at radius 1 is 0.909 bits per heavy atom. The van der Waals surface area contributed by atoms with Gasteiger partial charge in [0, 0.05) is 46.3 Å². The van der Waals surface area contributed by atoms with E-state index in [4.69, 9.17) is 11.6 Å². The maximum atomic E-state index is 13.2. The molecule has 7 heteroatoms. The first-order valence-corrected chi connectivity index (χ1v) is 12.3. The molecule has 0 radical (unpaired) electrons. The Morgan fingerprint density at radius 2 is 1.48 bits per heavy atom. The van der Waals surface area contributed by atoms with Crippen LogP contribution in [0.25, 0.3) is 0 Å². The van der Waals surface area contributed by atoms with Crippen LogP contribution in [0.4, 0.5) is 17.1 Å². The van der Waals surface area contributed by atoms with Crippen molar-refractivity contribution >= 4 is 52.2 Å². The van der Waals surface area contributed by atoms with Crippen LogP contribution in [0.3, 0.4) is 0 Å². The molecule has 1 aliphatic rings. The van der Waals surface area contributed by atoms with Crippen molar-refractivity contribution in [3.63, 3.8) is 0 Å². The van der Waals surface area contributed by atoms with E-state index >= 15 is 0 Å². The third-order valence-corrected chi connectivity index (χ3v) is 7.07. The average molecular weight is 481 g/mol. The number of halogens is 1. The van der Waals surface area contributed by atoms with Crippen molar-refractivity contribution in [2.45, 2.75) is 18.9 Å². The summed E-state index contributed by atoms with van der Waals surface area (Å²) in [6.45, 7) is 0. The van der Waals surface area contributed by atoms with Gasteiger partial charge in [-0.25, -0.2) is 4.79 Å². The Balaban J connectivity index is 1.56. The van der Waals surface area contributed by atoms with Crippen LogP contribution in [0, 0.1) is 0 Å². The first-order chi connectivity index (χ1) is 15.9. The van der Waals surface area contributed by atoms with Crippen LogP contribution in [-0.4, -0.2) is 41.5 Å². The van der Waals surface area contributed by atoms with Gasteiger partial charge in [0.2, 0.25) is 0 Å². The molecule has 5 nitrogen and oxygen atoms in total. The molecule has 1 heterocycles. The fourth-order valence-electron chi connectivity index (χ4n) is 3.86. The molecule has 3 aromatic carbocycles. The minimum atomic E-state index is -1.05. The lowest BCUT2D eigenvalue weighted by Gasteiger charge is -2.24. The number of nitrogens with one attached hydrogen (secondary N) is 1. The predicted octanol–water partition coefficient (Wildman–Crippen LogP) is 6.34. The van der Waals surface area contributed by atoms with E-state index < -0.39 is 5.97 Å². The molecule has 1 fully saturated rings. The lowest BCUT2D eigenvalue weighted by Crippen LogP contribution is -2.24. The fraction of sp³-hybridized carbons (Fsp3) is 0.231. The Kier molecular flexibility index (Phi) is 7.26. The van der Waals surface area contributed by atoms with Gasteiger partial charge in [0.25, 0.3) is 0 Å². The monoisotopic (exact) mass is 480 g/mol. The summed E-state index contributed by atoms with van der Waals surface area (Å²) in [5, 5.41) is 13.7. The fourth-order valence-corrected chi connectivity index (χ4v) is 5.09. The first-order valence-electron chi connectivity index (χ1n) is 10.8. The molecule has 3 aromatic rings. The number of carboxylic acids is 1. The number of carbonyl (C=O) groups excluding carboxylic acids is 1. The van der Waals surface area contributed by atoms with Gasteiger partial charge in [0.05, 0.1) is 5.56 Å². The SMILES string of the molecule is CN(c1ccc(Cl)cc1)c1ccc(C(=O)c2cc(NC3CCSCC3)cc(C(=O)O)c2)cc1. The van der Waals surface area contributed by atoms with Crippen LogP contribution in [0.5, 0.6) is 0 Å². The Morgan fingerprint density at radius 3 is 2.09 bits per heavy atom. The summed E-state index contributed by atoms with van der Waals surface area (Å²) in [5.41, 5.74) is 3.55. The van der Waals surface area contributed by atoms with E-state index in [2.05, 4.69) is 5.32 Å². The van der Waals surface area contributed by atoms with Crippen LogP contribution in [-0.2, 0) is 0 Å². The van der Waals surface area contributed by atoms with Crippen LogP contribution in [0.15, 0.2) is 66.7 Å². The lowest BCUT2D eigenvalue weighted by molar-refractivity contribution is 0.0697. The molecule has 0 unspecified atom stereocenters. The second kappa shape index (κ2) is 10.3. The van der Waals surface area contributed by atoms with Crippen molar-refractivity contribution < 1.29 is 14.7 Å². The van der Waals surface area contributed by atoms with Crippen molar-refractivity contribution in [3.8, 4) is 0 Å². The van der Waals surface area contributed by atoms with Gasteiger partial charge < -0.3 is 15.3 Å². The number of carbonyl (C=O) groups is 2. The molecule has 1 aliphatic heterocycles. The minimum absolute atomic E-state index is 0.104. The molecule has 0 amide bonds. The summed E-state index contributed by atoms with van der Waals surface area (Å²) in [6, 6.07) is 19.9. The van der Waals surface area contributed by atoms with Crippen LogP contribution in [0.1, 0.15) is 39.1 Å². The normalized spacial score (nSPS) is 14.0. The van der Waals surface area contributed by atoms with Crippen molar-refractivity contribution in [3.05, 3.63) is 88.4 Å². The Hall–Kier alpha value is -2.96. The zero-order valence-electron chi connectivity index (χ0n) is 18.3. The summed E-state index contributed by atoms with van der Waals surface area (Å²) in [5.74, 6) is 0.908. The highest BCUT2D eigenvalue weighted by Gasteiger charge is 2.18. The van der Waals surface area contributed by atoms with Crippen LogP contribution < -0.4 is 10.2 Å². The molecule has 0 saturated carbocycles. The van der Waals surface area contributed by atoms with E-state index in [9.17, 15) is 14.7 Å². The summed E-state index contributed by atoms with van der Waals surface area (Å²) in [4.78, 5) is 26.9. The molecule has 1 saturated heterocycles. The van der Waals surface area contributed by atoms with Crippen molar-refractivity contribution in [2.75, 3.05) is 28.8 Å². The number of ketones is 1. The molecule has 0 aliphatic carbocycles. The molecule has 0 atom stereocenters. The number of carboxylic acid groups (broad SMARTS) is 1. The number of rotatable bonds is 7. The number of aromatic carboxylic acids is 1. The van der Waals surface area contributed by atoms with Gasteiger partial charge in [-0.2, -0.15) is 11.8 Å². The number of hydrogen-bond donors (Lipinski definition) is 2. The van der Waals surface area contributed by atoms with Crippen LogP contribution >= 0.6 is 23.4 Å². The van der Waals surface area contributed by atoms with Crippen LogP contribution in [0.2, 0.25) is 5.02 Å². The second-order valence-electron chi connectivity index (χ2n) is 8.05. The maximum Gasteiger partial charge on any atom is 0.335 e. The maximum absolute atomic E-state index is 13.2. The topological polar surface area (TPSA) is 69.6 Å². The highest BCUT2D eigenvalue weighted by Crippen LogP contribution is 2.27. The molecule has 33 heavy (non-hydrogen) atoms. The van der Waals surface area contributed by atoms with Gasteiger partial charge in [0.15, 0.2) is 5.78 Å². The molecule has 4 rings (SSSR count). The molecular weight excluding hydrogens is 456 g/mol. The van der Waals surface area contributed by atoms with Gasteiger partial charge >= 0.3 is 5.97 Å². The van der Waals surface area contributed by atoms with E-state index in [1.165, 1.54) is 6.07 Å². The summed E-state index contributed by atoms with van der Waals surface area (Å²) in [7, 11) is 1.94. The van der Waals surface area contributed by atoms with E-state index in [-0.39, 0.29) is 11.3 Å². The second-order valence-corrected chi connectivity index (χ2v) is 9.71. The molecule has 2 N–H and O–H groups in total. The molecule has 0 bridgehead atoms. The molecule has 0 aromatic heterocycles. The standard InChI is InChI=1S/C26H25ClN2O3S/c1-29(24-8-4-20(27)5-9-24)23-6-2-17(3-7-23)25(30)18-14-19(26(31)32)16-22(15-18)28-21-10-12-33-13-11-21/h2-9,14-16,21,28H,10-13H2,1H3,(H,31,32). The smallest absolute Gasteiger partial charge is 0.335 e. The van der Waals surface area contributed by atoms with Crippen molar-refractivity contribution in [1.82, 2.24) is 0 Å². The third kappa shape index (κ3) is 5.70. The van der Waals surface area contributed by atoms with Gasteiger partial charge in [-0.3, -0.25) is 4.79 Å². The summed E-state index contributed by atoms with van der Waals surface area (Å²) >= 11 is 7.90. The van der Waals surface area contributed by atoms with Gasteiger partial charge in [-0.05, 0) is 91.1 Å². The number of thioether (sulfide) groups is 1. The summed E-state index contributed by atoms with van der Waals surface area (Å²) in [6.07, 6.45) is 2.04. The zero-order chi connectivity index (χ0) is 23.4. The predicted molar refractivity (Wildman–Crippen MR) is 137 cm³/mol. The Bertz CT molecular complexity index is 1140. The first kappa shape index (κ1) is 23.2. The lowest BCUT2D eigenvalue weighted by atomic mass is 9.99. The van der Waals surface area contributed by atoms with Gasteiger partial charge in [0.1, 0.15) is 0 Å². The zero-order valence-corrected chi connectivity index (χ0v) is 19.8. The number of hydrogen-bond acceptors (Lipinski definition) is 5. The average Bonchev–Trinajstić information content (AvgIpc) is 2.84. The van der Waals surface area contributed by atoms with E-state index in [0.29, 0.717) is 27.9 Å². The molecule has 170 valence electrons. The number of nitrogens with zero attached hydrogens (tertiary/aromatic N) is 1. The number of benzene rings is 3. The quantitative estimate of drug-likeness (QED) is 0.384. The van der Waals surface area contributed by atoms with E-state index in [1.54, 1.807) is 24.3 Å². The van der Waals surface area contributed by atoms with Crippen molar-refractivity contribution in [1.29, 1.82) is 0 Å². The number of anilines is 3. The largest absolute Gasteiger partial charge is 0.478 e. The minimum Gasteiger partial charge on any atom is -0.478 e. The highest BCUT2D eigenvalue weighted by molar-refractivity contribution is 7.99. The Labute approximate surface area is 202 Å². The molecule has 0 spiro atoms. The van der Waals surface area contributed by atoms with Crippen molar-refractivity contribution in [2.24, 2.45) is 0 Å². The van der Waals surface area contributed by atoms with Gasteiger partial charge in [-0.1, -0.05) is 11.6 Å². The molecular formula is C26H25ClN2O3S. The third-order valence-electron chi connectivity index (χ3n) is 5.76. The highest BCUT2D eigenvalue weighted by atomic mass is 35.5. The van der Waals surface area contributed by atoms with E-state index in [1.807, 2.05) is 60.1 Å². The van der Waals surface area contributed by atoms with Gasteiger partial charge in [-0.15, -0.1) is 0 Å².